The number of amides is 1. The average Bonchev–Trinajstić information content (AvgIpc) is 3.03. The second-order valence-corrected chi connectivity index (χ2v) is 8.22. The first kappa shape index (κ1) is 22.3. The maximum atomic E-state index is 12.4. The third-order valence-electron chi connectivity index (χ3n) is 4.30. The minimum absolute atomic E-state index is 0.110. The molecule has 0 unspecified atom stereocenters. The Balaban J connectivity index is 2.08. The number of fused-ring (bicyclic) bond motifs is 1. The zero-order chi connectivity index (χ0) is 22.9. The monoisotopic (exact) mass is 447 g/mol. The summed E-state index contributed by atoms with van der Waals surface area (Å²) in [5.74, 6) is 0.263. The molecule has 0 radical (unpaired) electrons. The van der Waals surface area contributed by atoms with Gasteiger partial charge >= 0.3 is 6.09 Å². The predicted octanol–water partition coefficient (Wildman–Crippen LogP) is 4.36. The highest BCUT2D eigenvalue weighted by molar-refractivity contribution is 6.30. The summed E-state index contributed by atoms with van der Waals surface area (Å²) >= 11 is 6.10. The largest absolute Gasteiger partial charge is 0.494 e. The number of nitro benzene ring substituents is 1. The zero-order valence-electron chi connectivity index (χ0n) is 17.7. The number of hydrogen-bond donors (Lipinski definition) is 0. The maximum absolute atomic E-state index is 12.4. The van der Waals surface area contributed by atoms with E-state index in [1.54, 1.807) is 50.8 Å². The van der Waals surface area contributed by atoms with Crippen LogP contribution in [-0.2, 0) is 11.3 Å². The smallest absolute Gasteiger partial charge is 0.410 e. The van der Waals surface area contributed by atoms with Gasteiger partial charge in [0.1, 0.15) is 16.4 Å². The third kappa shape index (κ3) is 4.85. The standard InChI is InChI=1S/C20H22ClN5O5/c1-20(2,3)31-19(27)24(4)11-14-13-10-22-18(21)9-16(13)25(23-14)15-7-6-12(26(28)29)8-17(15)30-5/h6-10H,11H2,1-5H3. The van der Waals surface area contributed by atoms with Crippen molar-refractivity contribution in [3.8, 4) is 11.4 Å². The SMILES string of the molecule is COc1cc([N+](=O)[O-])ccc1-n1nc(CN(C)C(=O)OC(C)(C)C)c2cnc(Cl)cc21. The number of hydrogen-bond acceptors (Lipinski definition) is 7. The van der Waals surface area contributed by atoms with E-state index in [2.05, 4.69) is 10.1 Å². The molecule has 0 saturated carbocycles. The summed E-state index contributed by atoms with van der Waals surface area (Å²) in [4.78, 5) is 28.5. The van der Waals surface area contributed by atoms with E-state index in [1.807, 2.05) is 0 Å². The number of ether oxygens (including phenoxy) is 2. The molecule has 0 fully saturated rings. The second-order valence-electron chi connectivity index (χ2n) is 7.83. The van der Waals surface area contributed by atoms with Crippen LogP contribution in [0.15, 0.2) is 30.5 Å². The van der Waals surface area contributed by atoms with Crippen LogP contribution in [0.4, 0.5) is 10.5 Å². The molecule has 2 aromatic heterocycles. The van der Waals surface area contributed by atoms with Crippen molar-refractivity contribution in [3.05, 3.63) is 51.4 Å². The molecule has 3 aromatic rings. The Bertz CT molecular complexity index is 1150. The molecule has 0 aliphatic rings. The highest BCUT2D eigenvalue weighted by atomic mass is 35.5. The third-order valence-corrected chi connectivity index (χ3v) is 4.51. The van der Waals surface area contributed by atoms with Crippen LogP contribution in [0.5, 0.6) is 5.75 Å². The Morgan fingerprint density at radius 3 is 2.65 bits per heavy atom. The molecule has 0 saturated heterocycles. The van der Waals surface area contributed by atoms with Crippen molar-refractivity contribution in [1.82, 2.24) is 19.7 Å². The fourth-order valence-corrected chi connectivity index (χ4v) is 3.08. The molecule has 164 valence electrons. The van der Waals surface area contributed by atoms with E-state index in [1.165, 1.54) is 24.1 Å². The Morgan fingerprint density at radius 2 is 2.03 bits per heavy atom. The summed E-state index contributed by atoms with van der Waals surface area (Å²) < 4.78 is 12.3. The van der Waals surface area contributed by atoms with Gasteiger partial charge in [-0.05, 0) is 26.8 Å². The van der Waals surface area contributed by atoms with Crippen LogP contribution in [0.2, 0.25) is 5.15 Å². The molecule has 3 rings (SSSR count). The van der Waals surface area contributed by atoms with E-state index in [9.17, 15) is 14.9 Å². The normalized spacial score (nSPS) is 11.4. The van der Waals surface area contributed by atoms with Crippen LogP contribution < -0.4 is 4.74 Å². The molecule has 0 atom stereocenters. The Hall–Kier alpha value is -3.40. The van der Waals surface area contributed by atoms with Crippen LogP contribution in [0, 0.1) is 10.1 Å². The van der Waals surface area contributed by atoms with Gasteiger partial charge in [-0.1, -0.05) is 11.6 Å². The van der Waals surface area contributed by atoms with Crippen molar-refractivity contribution in [3.63, 3.8) is 0 Å². The topological polar surface area (TPSA) is 113 Å². The van der Waals surface area contributed by atoms with Gasteiger partial charge in [-0.15, -0.1) is 0 Å². The lowest BCUT2D eigenvalue weighted by Crippen LogP contribution is -2.34. The number of aromatic nitrogens is 3. The molecule has 0 aliphatic carbocycles. The van der Waals surface area contributed by atoms with Crippen molar-refractivity contribution in [2.75, 3.05) is 14.2 Å². The van der Waals surface area contributed by atoms with Crippen LogP contribution in [0.25, 0.3) is 16.6 Å². The number of benzene rings is 1. The van der Waals surface area contributed by atoms with Gasteiger partial charge in [-0.25, -0.2) is 14.5 Å². The van der Waals surface area contributed by atoms with Crippen LogP contribution in [0.1, 0.15) is 26.5 Å². The van der Waals surface area contributed by atoms with E-state index in [0.717, 1.165) is 0 Å². The Labute approximate surface area is 183 Å². The molecular weight excluding hydrogens is 426 g/mol. The summed E-state index contributed by atoms with van der Waals surface area (Å²) in [6, 6.07) is 5.85. The number of carbonyl (C=O) groups is 1. The summed E-state index contributed by atoms with van der Waals surface area (Å²) in [5, 5.41) is 16.7. The quantitative estimate of drug-likeness (QED) is 0.324. The number of rotatable bonds is 5. The van der Waals surface area contributed by atoms with Gasteiger partial charge in [-0.3, -0.25) is 10.1 Å². The average molecular weight is 448 g/mol. The molecule has 0 aliphatic heterocycles. The van der Waals surface area contributed by atoms with Crippen molar-refractivity contribution >= 4 is 34.3 Å². The lowest BCUT2D eigenvalue weighted by atomic mass is 10.2. The molecular formula is C20H22ClN5O5. The van der Waals surface area contributed by atoms with E-state index < -0.39 is 16.6 Å². The number of methoxy groups -OCH3 is 1. The molecule has 0 spiro atoms. The molecule has 0 N–H and O–H groups in total. The minimum Gasteiger partial charge on any atom is -0.494 e. The van der Waals surface area contributed by atoms with E-state index >= 15 is 0 Å². The number of carbonyl (C=O) groups excluding carboxylic acids is 1. The molecule has 2 heterocycles. The van der Waals surface area contributed by atoms with Gasteiger partial charge < -0.3 is 14.4 Å². The number of nitro groups is 1. The molecule has 11 heteroatoms. The second kappa shape index (κ2) is 8.38. The zero-order valence-corrected chi connectivity index (χ0v) is 18.5. The number of pyridine rings is 1. The van der Waals surface area contributed by atoms with Gasteiger partial charge in [0.2, 0.25) is 0 Å². The van der Waals surface area contributed by atoms with E-state index in [-0.39, 0.29) is 23.1 Å². The van der Waals surface area contributed by atoms with Crippen molar-refractivity contribution in [2.24, 2.45) is 0 Å². The van der Waals surface area contributed by atoms with Crippen molar-refractivity contribution in [2.45, 2.75) is 32.9 Å². The summed E-state index contributed by atoms with van der Waals surface area (Å²) in [6.45, 7) is 5.51. The number of nitrogens with zero attached hydrogens (tertiary/aromatic N) is 5. The van der Waals surface area contributed by atoms with Crippen molar-refractivity contribution < 1.29 is 19.2 Å². The fraction of sp³-hybridized carbons (Fsp3) is 0.350. The Kier molecular flexibility index (Phi) is 6.03. The van der Waals surface area contributed by atoms with Gasteiger partial charge in [0.25, 0.3) is 5.69 Å². The fourth-order valence-electron chi connectivity index (χ4n) is 2.93. The lowest BCUT2D eigenvalue weighted by Gasteiger charge is -2.24. The number of halogens is 1. The molecule has 0 bridgehead atoms. The maximum Gasteiger partial charge on any atom is 0.410 e. The summed E-state index contributed by atoms with van der Waals surface area (Å²) in [6.07, 6.45) is 1.07. The van der Waals surface area contributed by atoms with E-state index in [0.29, 0.717) is 22.3 Å². The summed E-state index contributed by atoms with van der Waals surface area (Å²) in [7, 11) is 3.02. The van der Waals surface area contributed by atoms with E-state index in [4.69, 9.17) is 21.1 Å². The summed E-state index contributed by atoms with van der Waals surface area (Å²) in [5.41, 5.74) is 0.898. The first-order valence-corrected chi connectivity index (χ1v) is 9.68. The highest BCUT2D eigenvalue weighted by Gasteiger charge is 2.23. The minimum atomic E-state index is -0.631. The van der Waals surface area contributed by atoms with Gasteiger partial charge in [0, 0.05) is 30.8 Å². The molecule has 1 aromatic carbocycles. The van der Waals surface area contributed by atoms with Crippen LogP contribution >= 0.6 is 11.6 Å². The van der Waals surface area contributed by atoms with Crippen molar-refractivity contribution in [1.29, 1.82) is 0 Å². The number of non-ortho nitro benzene ring substituents is 1. The van der Waals surface area contributed by atoms with Gasteiger partial charge in [-0.2, -0.15) is 5.10 Å². The first-order chi connectivity index (χ1) is 14.5. The molecule has 1 amide bonds. The Morgan fingerprint density at radius 1 is 1.32 bits per heavy atom. The van der Waals surface area contributed by atoms with Crippen LogP contribution in [0.3, 0.4) is 0 Å². The first-order valence-electron chi connectivity index (χ1n) is 9.30. The van der Waals surface area contributed by atoms with Gasteiger partial charge in [0.15, 0.2) is 5.75 Å². The molecule has 10 nitrogen and oxygen atoms in total. The van der Waals surface area contributed by atoms with Gasteiger partial charge in [0.05, 0.1) is 35.9 Å². The highest BCUT2D eigenvalue weighted by Crippen LogP contribution is 2.32. The lowest BCUT2D eigenvalue weighted by molar-refractivity contribution is -0.384. The predicted molar refractivity (Wildman–Crippen MR) is 115 cm³/mol. The molecule has 31 heavy (non-hydrogen) atoms. The van der Waals surface area contributed by atoms with Crippen LogP contribution in [-0.4, -0.2) is 50.4 Å².